The van der Waals surface area contributed by atoms with Gasteiger partial charge < -0.3 is 9.47 Å². The topological polar surface area (TPSA) is 48.4 Å². The molecule has 128 valence electrons. The molecule has 2 aromatic carbocycles. The molecule has 0 amide bonds. The van der Waals surface area contributed by atoms with Crippen molar-refractivity contribution < 1.29 is 14.3 Å². The van der Waals surface area contributed by atoms with E-state index in [2.05, 4.69) is 11.1 Å². The fourth-order valence-corrected chi connectivity index (χ4v) is 4.48. The lowest BCUT2D eigenvalue weighted by molar-refractivity contribution is -0.133. The summed E-state index contributed by atoms with van der Waals surface area (Å²) in [5.74, 6) is 0.285. The zero-order valence-electron chi connectivity index (χ0n) is 13.9. The zero-order valence-corrected chi connectivity index (χ0v) is 15.5. The molecule has 0 fully saturated rings. The van der Waals surface area contributed by atoms with Crippen LogP contribution in [0.3, 0.4) is 0 Å². The fourth-order valence-electron chi connectivity index (χ4n) is 2.41. The van der Waals surface area contributed by atoms with Gasteiger partial charge in [-0.3, -0.25) is 0 Å². The summed E-state index contributed by atoms with van der Waals surface area (Å²) in [6.07, 6.45) is 1.42. The van der Waals surface area contributed by atoms with Crippen molar-refractivity contribution in [3.8, 4) is 0 Å². The standard InChI is InChI=1S/C19H17NO3S2/c1-22-11-15(18(21)23-2)14-8-4-3-7-13(14)12-24-19-20-16-9-5-6-10-17(16)25-19/h3-11H,12H2,1-2H3/b15-11+. The fraction of sp³-hybridized carbons (Fsp3) is 0.158. The Morgan fingerprint density at radius 3 is 2.68 bits per heavy atom. The lowest BCUT2D eigenvalue weighted by Gasteiger charge is -2.10. The number of ether oxygens (including phenoxy) is 2. The smallest absolute Gasteiger partial charge is 0.341 e. The molecule has 0 bridgehead atoms. The number of nitrogens with zero attached hydrogens (tertiary/aromatic N) is 1. The van der Waals surface area contributed by atoms with E-state index in [1.165, 1.54) is 25.2 Å². The first-order valence-corrected chi connectivity index (χ1v) is 9.41. The van der Waals surface area contributed by atoms with Gasteiger partial charge in [-0.25, -0.2) is 9.78 Å². The summed E-state index contributed by atoms with van der Waals surface area (Å²) in [7, 11) is 2.88. The molecule has 25 heavy (non-hydrogen) atoms. The Balaban J connectivity index is 1.85. The number of carbonyl (C=O) groups excluding carboxylic acids is 1. The number of thioether (sulfide) groups is 1. The minimum atomic E-state index is -0.417. The predicted octanol–water partition coefficient (Wildman–Crippen LogP) is 4.75. The normalized spacial score (nSPS) is 11.5. The van der Waals surface area contributed by atoms with Crippen LogP contribution in [0.4, 0.5) is 0 Å². The second kappa shape index (κ2) is 8.18. The summed E-state index contributed by atoms with van der Waals surface area (Å²) in [5.41, 5.74) is 3.26. The lowest BCUT2D eigenvalue weighted by atomic mass is 10.0. The number of esters is 1. The van der Waals surface area contributed by atoms with Crippen LogP contribution in [-0.4, -0.2) is 25.2 Å². The quantitative estimate of drug-likeness (QED) is 0.271. The van der Waals surface area contributed by atoms with Crippen molar-refractivity contribution in [2.75, 3.05) is 14.2 Å². The zero-order chi connectivity index (χ0) is 17.6. The van der Waals surface area contributed by atoms with Gasteiger partial charge in [-0.05, 0) is 23.3 Å². The largest absolute Gasteiger partial charge is 0.503 e. The average Bonchev–Trinajstić information content (AvgIpc) is 3.07. The van der Waals surface area contributed by atoms with Crippen molar-refractivity contribution in [2.45, 2.75) is 10.1 Å². The Labute approximate surface area is 154 Å². The first-order chi connectivity index (χ1) is 12.2. The monoisotopic (exact) mass is 371 g/mol. The maximum absolute atomic E-state index is 12.1. The van der Waals surface area contributed by atoms with Crippen LogP contribution in [0.2, 0.25) is 0 Å². The number of para-hydroxylation sites is 1. The molecule has 0 N–H and O–H groups in total. The highest BCUT2D eigenvalue weighted by Crippen LogP contribution is 2.33. The van der Waals surface area contributed by atoms with Crippen LogP contribution in [0.1, 0.15) is 11.1 Å². The van der Waals surface area contributed by atoms with Crippen LogP contribution in [0.5, 0.6) is 0 Å². The van der Waals surface area contributed by atoms with Gasteiger partial charge in [0.2, 0.25) is 0 Å². The molecule has 1 heterocycles. The minimum absolute atomic E-state index is 0.408. The van der Waals surface area contributed by atoms with Crippen LogP contribution in [0.15, 0.2) is 59.1 Å². The lowest BCUT2D eigenvalue weighted by Crippen LogP contribution is -2.06. The van der Waals surface area contributed by atoms with E-state index in [0.29, 0.717) is 11.3 Å². The molecule has 0 aliphatic rings. The Morgan fingerprint density at radius 1 is 1.16 bits per heavy atom. The Bertz CT molecular complexity index is 885. The number of fused-ring (bicyclic) bond motifs is 1. The third-order valence-corrected chi connectivity index (χ3v) is 5.80. The molecule has 1 aromatic heterocycles. The van der Waals surface area contributed by atoms with Gasteiger partial charge in [0.1, 0.15) is 5.57 Å². The third kappa shape index (κ3) is 4.03. The highest BCUT2D eigenvalue weighted by molar-refractivity contribution is 8.00. The number of rotatable bonds is 6. The molecule has 3 rings (SSSR count). The molecule has 0 unspecified atom stereocenters. The van der Waals surface area contributed by atoms with E-state index in [0.717, 1.165) is 21.0 Å². The van der Waals surface area contributed by atoms with Crippen LogP contribution in [0.25, 0.3) is 15.8 Å². The van der Waals surface area contributed by atoms with Gasteiger partial charge in [0, 0.05) is 5.75 Å². The van der Waals surface area contributed by atoms with Crippen LogP contribution in [-0.2, 0) is 20.0 Å². The second-order valence-electron chi connectivity index (χ2n) is 5.15. The summed E-state index contributed by atoms with van der Waals surface area (Å²) < 4.78 is 12.1. The van der Waals surface area contributed by atoms with Gasteiger partial charge in [-0.1, -0.05) is 48.2 Å². The van der Waals surface area contributed by atoms with E-state index in [-0.39, 0.29) is 0 Å². The highest BCUT2D eigenvalue weighted by atomic mass is 32.2. The summed E-state index contributed by atoms with van der Waals surface area (Å²) >= 11 is 3.33. The summed E-state index contributed by atoms with van der Waals surface area (Å²) in [4.78, 5) is 16.7. The highest BCUT2D eigenvalue weighted by Gasteiger charge is 2.17. The van der Waals surface area contributed by atoms with Crippen molar-refractivity contribution >= 4 is 44.9 Å². The molecule has 0 saturated carbocycles. The molecule has 0 spiro atoms. The summed E-state index contributed by atoms with van der Waals surface area (Å²) in [6.45, 7) is 0. The van der Waals surface area contributed by atoms with E-state index in [9.17, 15) is 4.79 Å². The molecule has 0 radical (unpaired) electrons. The van der Waals surface area contributed by atoms with Crippen LogP contribution in [0, 0.1) is 0 Å². The van der Waals surface area contributed by atoms with Crippen molar-refractivity contribution in [1.29, 1.82) is 0 Å². The SMILES string of the molecule is CO/C=C(/C(=O)OC)c1ccccc1CSc1nc2ccccc2s1. The van der Waals surface area contributed by atoms with Gasteiger partial charge in [0.05, 0.1) is 30.7 Å². The Hall–Kier alpha value is -2.31. The molecule has 0 saturated heterocycles. The minimum Gasteiger partial charge on any atom is -0.503 e. The van der Waals surface area contributed by atoms with Crippen molar-refractivity contribution in [3.63, 3.8) is 0 Å². The third-order valence-electron chi connectivity index (χ3n) is 3.57. The molecule has 6 heteroatoms. The molecular weight excluding hydrogens is 354 g/mol. The molecule has 0 aliphatic carbocycles. The maximum atomic E-state index is 12.1. The Morgan fingerprint density at radius 2 is 1.92 bits per heavy atom. The average molecular weight is 371 g/mol. The molecular formula is C19H17NO3S2. The number of benzene rings is 2. The first-order valence-electron chi connectivity index (χ1n) is 7.61. The van der Waals surface area contributed by atoms with Crippen LogP contribution < -0.4 is 0 Å². The van der Waals surface area contributed by atoms with Crippen molar-refractivity contribution in [2.24, 2.45) is 0 Å². The number of hydrogen-bond acceptors (Lipinski definition) is 6. The van der Waals surface area contributed by atoms with E-state index < -0.39 is 5.97 Å². The number of thiazole rings is 1. The van der Waals surface area contributed by atoms with Crippen molar-refractivity contribution in [3.05, 3.63) is 65.9 Å². The van der Waals surface area contributed by atoms with E-state index in [1.54, 1.807) is 23.1 Å². The van der Waals surface area contributed by atoms with Gasteiger partial charge in [0.25, 0.3) is 0 Å². The van der Waals surface area contributed by atoms with Crippen molar-refractivity contribution in [1.82, 2.24) is 4.98 Å². The maximum Gasteiger partial charge on any atom is 0.341 e. The number of hydrogen-bond donors (Lipinski definition) is 0. The van der Waals surface area contributed by atoms with Crippen LogP contribution >= 0.6 is 23.1 Å². The van der Waals surface area contributed by atoms with E-state index >= 15 is 0 Å². The molecule has 0 aliphatic heterocycles. The predicted molar refractivity (Wildman–Crippen MR) is 103 cm³/mol. The van der Waals surface area contributed by atoms with Gasteiger partial charge in [-0.15, -0.1) is 11.3 Å². The van der Waals surface area contributed by atoms with E-state index in [4.69, 9.17) is 9.47 Å². The first kappa shape index (κ1) is 17.5. The molecule has 0 atom stereocenters. The van der Waals surface area contributed by atoms with Gasteiger partial charge in [-0.2, -0.15) is 0 Å². The van der Waals surface area contributed by atoms with Gasteiger partial charge >= 0.3 is 5.97 Å². The molecule has 3 aromatic rings. The number of carbonyl (C=O) groups is 1. The Kier molecular flexibility index (Phi) is 5.73. The van der Waals surface area contributed by atoms with E-state index in [1.807, 2.05) is 42.5 Å². The molecule has 4 nitrogen and oxygen atoms in total. The van der Waals surface area contributed by atoms with Gasteiger partial charge in [0.15, 0.2) is 4.34 Å². The second-order valence-corrected chi connectivity index (χ2v) is 7.41. The summed E-state index contributed by atoms with van der Waals surface area (Å²) in [6, 6.07) is 15.8. The summed E-state index contributed by atoms with van der Waals surface area (Å²) in [5, 5.41) is 0. The number of methoxy groups -OCH3 is 2. The number of aromatic nitrogens is 1.